The van der Waals surface area contributed by atoms with Gasteiger partial charge in [0.1, 0.15) is 0 Å². The molecule has 0 atom stereocenters. The molecule has 0 amide bonds. The van der Waals surface area contributed by atoms with Gasteiger partial charge in [-0.05, 0) is 6.92 Å². The molecular weight excluding hydrogens is 326 g/mol. The Balaban J connectivity index is 0.00000121. The summed E-state index contributed by atoms with van der Waals surface area (Å²) in [5, 5.41) is 0. The summed E-state index contributed by atoms with van der Waals surface area (Å²) in [4.78, 5) is 10.5. The largest absolute Gasteiger partial charge is 1.00 e. The molecule has 1 nitrogen and oxygen atoms in total. The Labute approximate surface area is 85.5 Å². The van der Waals surface area contributed by atoms with E-state index in [9.17, 15) is 4.79 Å². The summed E-state index contributed by atoms with van der Waals surface area (Å²) >= 11 is 0. The Morgan fingerprint density at radius 2 is 1.92 bits per heavy atom. The molecule has 0 saturated carbocycles. The zero-order chi connectivity index (χ0) is 8.10. The van der Waals surface area contributed by atoms with E-state index >= 15 is 0 Å². The van der Waals surface area contributed by atoms with Crippen molar-refractivity contribution in [3.8, 4) is 0 Å². The molecule has 0 bridgehead atoms. The predicted molar refractivity (Wildman–Crippen MR) is 44.0 cm³/mol. The maximum Gasteiger partial charge on any atom is 1.00 e. The molecule has 0 aliphatic heterocycles. The molecule has 1 rings (SSSR count). The number of carbonyl (C=O) groups excluding carboxylic acids is 1. The van der Waals surface area contributed by atoms with Crippen LogP contribution in [-0.2, 0) is 24.6 Å². The fraction of sp³-hybridized carbons (Fsp3) is 0.100. The maximum absolute atomic E-state index is 10.5. The monoisotopic (exact) mass is 337 g/mol. The summed E-state index contributed by atoms with van der Waals surface area (Å²) in [5.41, 5.74) is 0.933. The second kappa shape index (κ2) is 5.86. The van der Waals surface area contributed by atoms with Crippen LogP contribution in [0.5, 0.6) is 0 Å². The van der Waals surface area contributed by atoms with Crippen LogP contribution < -0.4 is 0 Å². The Kier molecular flexibility index (Phi) is 5.50. The molecule has 0 saturated heterocycles. The minimum absolute atomic E-state index is 0. The summed E-state index contributed by atoms with van der Waals surface area (Å²) in [7, 11) is 0. The normalized spacial score (nSPS) is 9.42. The number of allylic oxidation sites excluding steroid dienone is 1. The van der Waals surface area contributed by atoms with Crippen molar-refractivity contribution in [2.45, 2.75) is 6.92 Å². The number of rotatable bonds is 2. The van der Waals surface area contributed by atoms with Crippen molar-refractivity contribution in [2.24, 2.45) is 0 Å². The molecule has 63 valence electrons. The van der Waals surface area contributed by atoms with Gasteiger partial charge in [-0.2, -0.15) is 0 Å². The Morgan fingerprint density at radius 3 is 2.42 bits per heavy atom. The molecule has 1 radical (unpaired) electrons. The fourth-order valence-electron chi connectivity index (χ4n) is 0.719. The molecule has 0 aliphatic carbocycles. The van der Waals surface area contributed by atoms with Crippen LogP contribution in [0.2, 0.25) is 0 Å². The molecule has 0 aliphatic rings. The van der Waals surface area contributed by atoms with Gasteiger partial charge < -0.3 is 4.79 Å². The molecule has 0 fully saturated rings. The van der Waals surface area contributed by atoms with Crippen LogP contribution >= 0.6 is 0 Å². The van der Waals surface area contributed by atoms with Crippen LogP contribution in [0, 0.1) is 6.08 Å². The Bertz CT molecular complexity index is 264. The molecule has 0 aromatic heterocycles. The van der Waals surface area contributed by atoms with E-state index in [4.69, 9.17) is 0 Å². The third-order valence-corrected chi connectivity index (χ3v) is 1.22. The van der Waals surface area contributed by atoms with Crippen molar-refractivity contribution in [2.75, 3.05) is 0 Å². The first kappa shape index (κ1) is 11.3. The molecule has 1 aromatic rings. The third kappa shape index (κ3) is 4.21. The number of carbonyl (C=O) groups is 1. The standard InChI is InChI=1S/C10H9O.Os/c1-9(11)7-8-10-5-3-2-4-6-10;/h2-7H,1H3;/q-1;+1. The number of benzene rings is 1. The first-order chi connectivity index (χ1) is 5.29. The van der Waals surface area contributed by atoms with Gasteiger partial charge in [-0.3, -0.25) is 0 Å². The first-order valence-electron chi connectivity index (χ1n) is 3.44. The zero-order valence-electron chi connectivity index (χ0n) is 6.73. The average molecular weight is 335 g/mol. The van der Waals surface area contributed by atoms with Crippen LogP contribution in [0.4, 0.5) is 0 Å². The minimum atomic E-state index is 0. The van der Waals surface area contributed by atoms with Crippen LogP contribution in [0.3, 0.4) is 0 Å². The van der Waals surface area contributed by atoms with Crippen molar-refractivity contribution >= 4 is 5.78 Å². The second-order valence-electron chi connectivity index (χ2n) is 2.27. The van der Waals surface area contributed by atoms with Gasteiger partial charge >= 0.3 is 19.8 Å². The van der Waals surface area contributed by atoms with E-state index in [1.54, 1.807) is 0 Å². The van der Waals surface area contributed by atoms with E-state index in [2.05, 4.69) is 6.08 Å². The van der Waals surface area contributed by atoms with Gasteiger partial charge in [-0.15, -0.1) is 42.0 Å². The summed E-state index contributed by atoms with van der Waals surface area (Å²) in [6.45, 7) is 1.51. The predicted octanol–water partition coefficient (Wildman–Crippen LogP) is 1.98. The molecule has 0 spiro atoms. The van der Waals surface area contributed by atoms with E-state index in [1.165, 1.54) is 13.0 Å². The van der Waals surface area contributed by atoms with Gasteiger partial charge in [0.05, 0.1) is 5.78 Å². The Morgan fingerprint density at radius 1 is 1.33 bits per heavy atom. The van der Waals surface area contributed by atoms with E-state index in [0.717, 1.165) is 5.56 Å². The van der Waals surface area contributed by atoms with Gasteiger partial charge in [0.2, 0.25) is 0 Å². The van der Waals surface area contributed by atoms with Gasteiger partial charge in [0.25, 0.3) is 0 Å². The zero-order valence-corrected chi connectivity index (χ0v) is 9.27. The third-order valence-electron chi connectivity index (χ3n) is 1.22. The van der Waals surface area contributed by atoms with Crippen LogP contribution in [-0.4, -0.2) is 5.78 Å². The van der Waals surface area contributed by atoms with Crippen LogP contribution in [0.25, 0.3) is 0 Å². The number of hydrogen-bond donors (Lipinski definition) is 0. The molecular formula is C10H9OOs. The summed E-state index contributed by atoms with van der Waals surface area (Å²) in [6, 6.07) is 9.56. The van der Waals surface area contributed by atoms with E-state index in [0.29, 0.717) is 0 Å². The van der Waals surface area contributed by atoms with Gasteiger partial charge in [-0.25, -0.2) is 0 Å². The molecule has 0 N–H and O–H groups in total. The van der Waals surface area contributed by atoms with Crippen molar-refractivity contribution in [1.29, 1.82) is 0 Å². The first-order valence-corrected chi connectivity index (χ1v) is 3.44. The second-order valence-corrected chi connectivity index (χ2v) is 2.27. The van der Waals surface area contributed by atoms with E-state index in [-0.39, 0.29) is 25.6 Å². The SMILES string of the molecule is CC(=O)C=[C-]c1ccccc1.[Os+]. The van der Waals surface area contributed by atoms with Gasteiger partial charge in [0, 0.05) is 0 Å². The average Bonchev–Trinajstić information content (AvgIpc) is 2.03. The van der Waals surface area contributed by atoms with Crippen molar-refractivity contribution < 1.29 is 24.6 Å². The fourth-order valence-corrected chi connectivity index (χ4v) is 0.719. The molecule has 0 unspecified atom stereocenters. The Hall–Kier alpha value is -0.734. The van der Waals surface area contributed by atoms with Crippen molar-refractivity contribution in [1.82, 2.24) is 0 Å². The van der Waals surface area contributed by atoms with Crippen LogP contribution in [0.1, 0.15) is 12.5 Å². The quantitative estimate of drug-likeness (QED) is 0.597. The van der Waals surface area contributed by atoms with Crippen LogP contribution in [0.15, 0.2) is 36.4 Å². The topological polar surface area (TPSA) is 17.1 Å². The van der Waals surface area contributed by atoms with Gasteiger partial charge in [-0.1, -0.05) is 6.07 Å². The smallest absolute Gasteiger partial charge is 0.352 e. The molecule has 12 heavy (non-hydrogen) atoms. The van der Waals surface area contributed by atoms with Crippen molar-refractivity contribution in [3.05, 3.63) is 48.0 Å². The summed E-state index contributed by atoms with van der Waals surface area (Å²) in [6.07, 6.45) is 4.31. The van der Waals surface area contributed by atoms with E-state index < -0.39 is 0 Å². The molecule has 2 heteroatoms. The van der Waals surface area contributed by atoms with Crippen molar-refractivity contribution in [3.63, 3.8) is 0 Å². The molecule has 1 aromatic carbocycles. The number of hydrogen-bond acceptors (Lipinski definition) is 1. The van der Waals surface area contributed by atoms with E-state index in [1.807, 2.05) is 30.3 Å². The minimum Gasteiger partial charge on any atom is -0.352 e. The number of ketones is 1. The summed E-state index contributed by atoms with van der Waals surface area (Å²) < 4.78 is 0. The summed E-state index contributed by atoms with van der Waals surface area (Å²) in [5.74, 6) is 0.0221. The maximum atomic E-state index is 10.5. The van der Waals surface area contributed by atoms with Gasteiger partial charge in [0.15, 0.2) is 0 Å². The molecule has 0 heterocycles.